The van der Waals surface area contributed by atoms with Crippen LogP contribution in [0.4, 0.5) is 0 Å². The van der Waals surface area contributed by atoms with Gasteiger partial charge in [0.1, 0.15) is 0 Å². The highest BCUT2D eigenvalue weighted by Gasteiger charge is 2.05. The molecule has 0 atom stereocenters. The molecule has 0 fully saturated rings. The topological polar surface area (TPSA) is 0 Å². The van der Waals surface area contributed by atoms with Gasteiger partial charge in [-0.2, -0.15) is 0 Å². The minimum absolute atomic E-state index is 0.617. The van der Waals surface area contributed by atoms with Crippen molar-refractivity contribution >= 4 is 20.7 Å². The number of hydrogen-bond acceptors (Lipinski definition) is 0. The molecule has 0 aromatic heterocycles. The van der Waals surface area contributed by atoms with Crippen molar-refractivity contribution in [1.29, 1.82) is 0 Å². The first-order chi connectivity index (χ1) is 6.02. The maximum atomic E-state index is 2.81. The van der Waals surface area contributed by atoms with E-state index >= 15 is 0 Å². The van der Waals surface area contributed by atoms with Crippen molar-refractivity contribution in [3.05, 3.63) is 29.3 Å². The fourth-order valence-corrected chi connectivity index (χ4v) is 1.97. The standard InChI is InChI=1S/C12H17.Al/c1-9(2)11-6-5-7-12(8-11)10(3)4;/h5-6,8-10H,1-4H3;. The molecule has 13 heavy (non-hydrogen) atoms. The van der Waals surface area contributed by atoms with E-state index in [4.69, 9.17) is 0 Å². The molecule has 1 rings (SSSR count). The van der Waals surface area contributed by atoms with Crippen LogP contribution in [0, 0.1) is 0 Å². The van der Waals surface area contributed by atoms with Gasteiger partial charge in [0.25, 0.3) is 0 Å². The Bertz CT molecular complexity index is 287. The van der Waals surface area contributed by atoms with Crippen molar-refractivity contribution < 1.29 is 0 Å². The molecule has 0 aliphatic carbocycles. The van der Waals surface area contributed by atoms with E-state index in [1.165, 1.54) is 15.6 Å². The molecule has 68 valence electrons. The second-order valence-corrected chi connectivity index (χ2v) is 4.82. The third-order valence-electron chi connectivity index (χ3n) is 2.40. The normalized spacial score (nSPS) is 11.2. The molecule has 0 heterocycles. The van der Waals surface area contributed by atoms with Crippen LogP contribution >= 0.6 is 0 Å². The molecule has 0 nitrogen and oxygen atoms in total. The molecule has 0 unspecified atom stereocenters. The predicted octanol–water partition coefficient (Wildman–Crippen LogP) is 2.73. The lowest BCUT2D eigenvalue weighted by Gasteiger charge is -2.14. The fourth-order valence-electron chi connectivity index (χ4n) is 1.45. The van der Waals surface area contributed by atoms with Crippen LogP contribution in [0.5, 0.6) is 0 Å². The number of hydrogen-bond donors (Lipinski definition) is 0. The lowest BCUT2D eigenvalue weighted by atomic mass is 9.96. The van der Waals surface area contributed by atoms with E-state index in [1.807, 2.05) is 0 Å². The molecule has 1 heteroatoms. The molecule has 0 bridgehead atoms. The van der Waals surface area contributed by atoms with Crippen LogP contribution in [-0.4, -0.2) is 16.3 Å². The summed E-state index contributed by atoms with van der Waals surface area (Å²) < 4.78 is 1.33. The molecule has 0 saturated heterocycles. The van der Waals surface area contributed by atoms with Crippen LogP contribution in [0.3, 0.4) is 0 Å². The first kappa shape index (κ1) is 10.8. The van der Waals surface area contributed by atoms with Crippen LogP contribution in [-0.2, 0) is 0 Å². The van der Waals surface area contributed by atoms with Gasteiger partial charge in [0.2, 0.25) is 0 Å². The Labute approximate surface area is 89.8 Å². The van der Waals surface area contributed by atoms with Crippen LogP contribution in [0.15, 0.2) is 18.2 Å². The zero-order chi connectivity index (χ0) is 10.0. The molecule has 0 saturated carbocycles. The Hall–Kier alpha value is -0.248. The Kier molecular flexibility index (Phi) is 3.59. The largest absolute Gasteiger partial charge is 0.176 e. The van der Waals surface area contributed by atoms with E-state index < -0.39 is 0 Å². The quantitative estimate of drug-likeness (QED) is 0.626. The smallest absolute Gasteiger partial charge is 0.136 e. The van der Waals surface area contributed by atoms with Crippen molar-refractivity contribution in [3.8, 4) is 0 Å². The summed E-state index contributed by atoms with van der Waals surface area (Å²) in [6.07, 6.45) is 0. The van der Waals surface area contributed by atoms with Gasteiger partial charge in [-0.15, -0.1) is 4.43 Å². The number of benzene rings is 1. The van der Waals surface area contributed by atoms with Crippen LogP contribution in [0.25, 0.3) is 0 Å². The average molecular weight is 188 g/mol. The molecular weight excluding hydrogens is 171 g/mol. The minimum Gasteiger partial charge on any atom is -0.136 e. The highest BCUT2D eigenvalue weighted by Crippen LogP contribution is 2.18. The molecule has 1 aromatic carbocycles. The van der Waals surface area contributed by atoms with Gasteiger partial charge in [-0.05, 0) is 17.4 Å². The lowest BCUT2D eigenvalue weighted by molar-refractivity contribution is 0.838. The molecule has 0 spiro atoms. The molecule has 1 aromatic rings. The Morgan fingerprint density at radius 2 is 1.62 bits per heavy atom. The molecule has 0 aliphatic rings. The monoisotopic (exact) mass is 188 g/mol. The highest BCUT2D eigenvalue weighted by molar-refractivity contribution is 6.33. The summed E-state index contributed by atoms with van der Waals surface area (Å²) >= 11 is 2.81. The van der Waals surface area contributed by atoms with Gasteiger partial charge in [0.15, 0.2) is 16.3 Å². The third-order valence-corrected chi connectivity index (χ3v) is 2.93. The van der Waals surface area contributed by atoms with Crippen molar-refractivity contribution in [3.63, 3.8) is 0 Å². The molecular formula is C12H17Al. The second kappa shape index (κ2) is 4.31. The molecule has 0 aliphatic heterocycles. The lowest BCUT2D eigenvalue weighted by Crippen LogP contribution is -2.12. The summed E-state index contributed by atoms with van der Waals surface area (Å²) in [5.74, 6) is 1.24. The van der Waals surface area contributed by atoms with E-state index in [2.05, 4.69) is 62.2 Å². The summed E-state index contributed by atoms with van der Waals surface area (Å²) in [5, 5.41) is 0. The summed E-state index contributed by atoms with van der Waals surface area (Å²) in [5.41, 5.74) is 2.89. The van der Waals surface area contributed by atoms with Crippen molar-refractivity contribution in [1.82, 2.24) is 0 Å². The Morgan fingerprint density at radius 3 is 2.08 bits per heavy atom. The van der Waals surface area contributed by atoms with E-state index in [-0.39, 0.29) is 0 Å². The van der Waals surface area contributed by atoms with Crippen molar-refractivity contribution in [2.45, 2.75) is 39.5 Å². The van der Waals surface area contributed by atoms with Crippen molar-refractivity contribution in [2.24, 2.45) is 0 Å². The first-order valence-corrected chi connectivity index (χ1v) is 5.49. The van der Waals surface area contributed by atoms with E-state index in [0.29, 0.717) is 11.8 Å². The van der Waals surface area contributed by atoms with Gasteiger partial charge in [0, 0.05) is 0 Å². The van der Waals surface area contributed by atoms with Gasteiger partial charge in [-0.3, -0.25) is 0 Å². The fraction of sp³-hybridized carbons (Fsp3) is 0.500. The Morgan fingerprint density at radius 1 is 1.00 bits per heavy atom. The van der Waals surface area contributed by atoms with Gasteiger partial charge in [-0.25, -0.2) is 0 Å². The SMILES string of the molecule is CC(C)c1cc[c]([Al])c(C(C)C)c1. The first-order valence-electron chi connectivity index (χ1n) is 4.91. The summed E-state index contributed by atoms with van der Waals surface area (Å²) in [6, 6.07) is 6.76. The maximum Gasteiger partial charge on any atom is 0.176 e. The van der Waals surface area contributed by atoms with Crippen LogP contribution in [0.1, 0.15) is 50.7 Å². The molecule has 0 N–H and O–H groups in total. The Balaban J connectivity index is 3.11. The van der Waals surface area contributed by atoms with E-state index in [0.717, 1.165) is 0 Å². The zero-order valence-corrected chi connectivity index (χ0v) is 10.1. The van der Waals surface area contributed by atoms with Crippen LogP contribution in [0.2, 0.25) is 0 Å². The maximum absolute atomic E-state index is 2.81. The van der Waals surface area contributed by atoms with Gasteiger partial charge in [-0.1, -0.05) is 51.5 Å². The van der Waals surface area contributed by atoms with Gasteiger partial charge >= 0.3 is 0 Å². The predicted molar refractivity (Wildman–Crippen MR) is 60.0 cm³/mol. The molecule has 0 amide bonds. The van der Waals surface area contributed by atoms with E-state index in [1.54, 1.807) is 0 Å². The average Bonchev–Trinajstić information content (AvgIpc) is 2.04. The van der Waals surface area contributed by atoms with Crippen molar-refractivity contribution in [2.75, 3.05) is 0 Å². The van der Waals surface area contributed by atoms with Gasteiger partial charge in [0.05, 0.1) is 0 Å². The second-order valence-electron chi connectivity index (χ2n) is 4.20. The minimum atomic E-state index is 0.617. The van der Waals surface area contributed by atoms with Crippen LogP contribution < -0.4 is 4.43 Å². The van der Waals surface area contributed by atoms with E-state index in [9.17, 15) is 0 Å². The molecule has 2 radical (unpaired) electrons. The summed E-state index contributed by atoms with van der Waals surface area (Å²) in [6.45, 7) is 8.96. The summed E-state index contributed by atoms with van der Waals surface area (Å²) in [4.78, 5) is 0. The van der Waals surface area contributed by atoms with Gasteiger partial charge < -0.3 is 0 Å². The third kappa shape index (κ3) is 2.60. The zero-order valence-electron chi connectivity index (χ0n) is 8.96. The highest BCUT2D eigenvalue weighted by atomic mass is 27.0. The number of rotatable bonds is 2. The summed E-state index contributed by atoms with van der Waals surface area (Å²) in [7, 11) is 0.